The molecule has 2 fully saturated rings. The van der Waals surface area contributed by atoms with Crippen LogP contribution in [-0.2, 0) is 4.79 Å². The molecule has 1 spiro atoms. The van der Waals surface area contributed by atoms with Crippen LogP contribution >= 0.6 is 0 Å². The third-order valence-corrected chi connectivity index (χ3v) is 4.77. The molecule has 92 valence electrons. The number of primary amides is 1. The fraction of sp³-hybridized carbons (Fsp3) is 0.923. The zero-order chi connectivity index (χ0) is 11.8. The number of hydrogen-bond acceptors (Lipinski definition) is 2. The normalized spacial score (nSPS) is 39.4. The Morgan fingerprint density at radius 3 is 2.88 bits per heavy atom. The van der Waals surface area contributed by atoms with Crippen LogP contribution in [-0.4, -0.2) is 19.0 Å². The molecule has 3 heteroatoms. The first-order valence-electron chi connectivity index (χ1n) is 6.55. The summed E-state index contributed by atoms with van der Waals surface area (Å²) >= 11 is 0. The van der Waals surface area contributed by atoms with Gasteiger partial charge < -0.3 is 11.1 Å². The molecule has 0 aromatic carbocycles. The van der Waals surface area contributed by atoms with Gasteiger partial charge in [-0.05, 0) is 30.1 Å². The molecule has 2 aliphatic rings. The molecule has 0 bridgehead atoms. The molecule has 1 amide bonds. The third-order valence-electron chi connectivity index (χ3n) is 4.77. The Kier molecular flexibility index (Phi) is 3.24. The lowest BCUT2D eigenvalue weighted by Crippen LogP contribution is -2.42. The molecule has 1 saturated heterocycles. The number of hydrogen-bond donors (Lipinski definition) is 2. The topological polar surface area (TPSA) is 55.1 Å². The fourth-order valence-corrected chi connectivity index (χ4v) is 3.70. The minimum Gasteiger partial charge on any atom is -0.369 e. The van der Waals surface area contributed by atoms with E-state index in [-0.39, 0.29) is 17.2 Å². The summed E-state index contributed by atoms with van der Waals surface area (Å²) in [7, 11) is 0. The average molecular weight is 224 g/mol. The van der Waals surface area contributed by atoms with Crippen LogP contribution in [0.4, 0.5) is 0 Å². The molecule has 1 aliphatic carbocycles. The van der Waals surface area contributed by atoms with Gasteiger partial charge in [0.25, 0.3) is 0 Å². The average Bonchev–Trinajstić information content (AvgIpc) is 2.61. The second-order valence-corrected chi connectivity index (χ2v) is 6.05. The van der Waals surface area contributed by atoms with Crippen LogP contribution in [0.5, 0.6) is 0 Å². The van der Waals surface area contributed by atoms with Gasteiger partial charge in [-0.25, -0.2) is 0 Å². The van der Waals surface area contributed by atoms with E-state index in [1.165, 1.54) is 25.7 Å². The van der Waals surface area contributed by atoms with Crippen molar-refractivity contribution in [2.45, 2.75) is 39.5 Å². The highest BCUT2D eigenvalue weighted by Gasteiger charge is 2.48. The lowest BCUT2D eigenvalue weighted by molar-refractivity contribution is -0.125. The van der Waals surface area contributed by atoms with Gasteiger partial charge in [0.1, 0.15) is 0 Å². The summed E-state index contributed by atoms with van der Waals surface area (Å²) in [5.41, 5.74) is 5.73. The molecular formula is C13H24N2O. The molecule has 3 N–H and O–H groups in total. The largest absolute Gasteiger partial charge is 0.369 e. The van der Waals surface area contributed by atoms with E-state index in [2.05, 4.69) is 19.2 Å². The molecule has 0 aromatic heterocycles. The molecule has 0 radical (unpaired) electrons. The maximum absolute atomic E-state index is 11.5. The summed E-state index contributed by atoms with van der Waals surface area (Å²) < 4.78 is 0. The van der Waals surface area contributed by atoms with E-state index in [1.54, 1.807) is 0 Å². The Balaban J connectivity index is 2.14. The second-order valence-electron chi connectivity index (χ2n) is 6.05. The van der Waals surface area contributed by atoms with Gasteiger partial charge in [0.05, 0.1) is 5.92 Å². The first-order chi connectivity index (χ1) is 7.55. The van der Waals surface area contributed by atoms with Crippen molar-refractivity contribution in [1.82, 2.24) is 5.32 Å². The van der Waals surface area contributed by atoms with Gasteiger partial charge in [-0.15, -0.1) is 0 Å². The number of amides is 1. The van der Waals surface area contributed by atoms with Crippen molar-refractivity contribution in [3.63, 3.8) is 0 Å². The number of nitrogens with one attached hydrogen (secondary N) is 1. The van der Waals surface area contributed by atoms with E-state index in [9.17, 15) is 4.79 Å². The standard InChI is InChI=1S/C13H24N2O/c1-9(2)10-4-3-5-13(6-10)8-15-7-11(13)12(14)16/h9-11,15H,3-8H2,1-2H3,(H2,14,16). The van der Waals surface area contributed by atoms with Crippen LogP contribution in [0.25, 0.3) is 0 Å². The monoisotopic (exact) mass is 224 g/mol. The highest BCUT2D eigenvalue weighted by atomic mass is 16.1. The molecule has 3 nitrogen and oxygen atoms in total. The van der Waals surface area contributed by atoms with Gasteiger partial charge in [-0.2, -0.15) is 0 Å². The van der Waals surface area contributed by atoms with Crippen molar-refractivity contribution in [3.05, 3.63) is 0 Å². The van der Waals surface area contributed by atoms with Crippen molar-refractivity contribution in [2.75, 3.05) is 13.1 Å². The zero-order valence-electron chi connectivity index (χ0n) is 10.5. The summed E-state index contributed by atoms with van der Waals surface area (Å²) in [4.78, 5) is 11.5. The summed E-state index contributed by atoms with van der Waals surface area (Å²) in [5, 5.41) is 3.37. The van der Waals surface area contributed by atoms with Gasteiger partial charge in [-0.3, -0.25) is 4.79 Å². The number of carbonyl (C=O) groups is 1. The maximum atomic E-state index is 11.5. The Bertz CT molecular complexity index is 277. The maximum Gasteiger partial charge on any atom is 0.222 e. The first-order valence-corrected chi connectivity index (χ1v) is 6.55. The van der Waals surface area contributed by atoms with Gasteiger partial charge in [0.15, 0.2) is 0 Å². The SMILES string of the molecule is CC(C)C1CCCC2(CNCC2C(N)=O)C1. The van der Waals surface area contributed by atoms with E-state index < -0.39 is 0 Å². The van der Waals surface area contributed by atoms with E-state index in [1.807, 2.05) is 0 Å². The Morgan fingerprint density at radius 1 is 1.50 bits per heavy atom. The zero-order valence-corrected chi connectivity index (χ0v) is 10.5. The fourth-order valence-electron chi connectivity index (χ4n) is 3.70. The quantitative estimate of drug-likeness (QED) is 0.747. The second kappa shape index (κ2) is 4.36. The predicted molar refractivity (Wildman–Crippen MR) is 64.8 cm³/mol. The Hall–Kier alpha value is -0.570. The molecule has 1 heterocycles. The van der Waals surface area contributed by atoms with Crippen molar-refractivity contribution < 1.29 is 4.79 Å². The lowest BCUT2D eigenvalue weighted by atomic mass is 9.62. The van der Waals surface area contributed by atoms with Gasteiger partial charge in [0, 0.05) is 13.1 Å². The molecule has 3 unspecified atom stereocenters. The van der Waals surface area contributed by atoms with Crippen LogP contribution in [0, 0.1) is 23.2 Å². The summed E-state index contributed by atoms with van der Waals surface area (Å²) in [6.07, 6.45) is 4.95. The van der Waals surface area contributed by atoms with Crippen LogP contribution in [0.15, 0.2) is 0 Å². The molecule has 0 aromatic rings. The summed E-state index contributed by atoms with van der Waals surface area (Å²) in [6, 6.07) is 0. The Morgan fingerprint density at radius 2 is 2.25 bits per heavy atom. The first kappa shape index (κ1) is 11.9. The molecule has 1 saturated carbocycles. The van der Waals surface area contributed by atoms with E-state index in [0.717, 1.165) is 24.9 Å². The summed E-state index contributed by atoms with van der Waals surface area (Å²) in [5.74, 6) is 1.46. The molecule has 1 aliphatic heterocycles. The predicted octanol–water partition coefficient (Wildman–Crippen LogP) is 1.52. The Labute approximate surface area is 98.2 Å². The van der Waals surface area contributed by atoms with E-state index in [0.29, 0.717) is 0 Å². The van der Waals surface area contributed by atoms with Crippen molar-refractivity contribution in [2.24, 2.45) is 28.9 Å². The van der Waals surface area contributed by atoms with Gasteiger partial charge in [0.2, 0.25) is 5.91 Å². The van der Waals surface area contributed by atoms with E-state index in [4.69, 9.17) is 5.73 Å². The van der Waals surface area contributed by atoms with Crippen LogP contribution < -0.4 is 11.1 Å². The molecule has 2 rings (SSSR count). The minimum atomic E-state index is -0.102. The van der Waals surface area contributed by atoms with Crippen molar-refractivity contribution >= 4 is 5.91 Å². The molecular weight excluding hydrogens is 200 g/mol. The van der Waals surface area contributed by atoms with Gasteiger partial charge in [-0.1, -0.05) is 26.7 Å². The minimum absolute atomic E-state index is 0.0639. The lowest BCUT2D eigenvalue weighted by Gasteiger charge is -2.42. The smallest absolute Gasteiger partial charge is 0.222 e. The molecule has 3 atom stereocenters. The van der Waals surface area contributed by atoms with E-state index >= 15 is 0 Å². The third kappa shape index (κ3) is 1.97. The summed E-state index contributed by atoms with van der Waals surface area (Å²) in [6.45, 7) is 6.38. The van der Waals surface area contributed by atoms with Crippen LogP contribution in [0.2, 0.25) is 0 Å². The van der Waals surface area contributed by atoms with Crippen LogP contribution in [0.1, 0.15) is 39.5 Å². The highest BCUT2D eigenvalue weighted by molar-refractivity contribution is 5.78. The van der Waals surface area contributed by atoms with Crippen molar-refractivity contribution in [1.29, 1.82) is 0 Å². The number of carbonyl (C=O) groups excluding carboxylic acids is 1. The number of nitrogens with two attached hydrogens (primary N) is 1. The molecule has 16 heavy (non-hydrogen) atoms. The number of rotatable bonds is 2. The van der Waals surface area contributed by atoms with Crippen molar-refractivity contribution in [3.8, 4) is 0 Å². The highest BCUT2D eigenvalue weighted by Crippen LogP contribution is 2.48. The van der Waals surface area contributed by atoms with Gasteiger partial charge >= 0.3 is 0 Å². The van der Waals surface area contributed by atoms with Crippen LogP contribution in [0.3, 0.4) is 0 Å².